The number of nitrogens with zero attached hydrogens (tertiary/aromatic N) is 3. The van der Waals surface area contributed by atoms with E-state index in [0.29, 0.717) is 23.8 Å². The zero-order valence-corrected chi connectivity index (χ0v) is 19.3. The Morgan fingerprint density at radius 1 is 1.06 bits per heavy atom. The zero-order valence-electron chi connectivity index (χ0n) is 19.3. The van der Waals surface area contributed by atoms with Crippen LogP contribution < -0.4 is 9.47 Å². The Labute approximate surface area is 194 Å². The molecule has 0 aliphatic carbocycles. The predicted molar refractivity (Wildman–Crippen MR) is 125 cm³/mol. The molecule has 176 valence electrons. The van der Waals surface area contributed by atoms with Gasteiger partial charge in [0, 0.05) is 38.3 Å². The molecule has 0 radical (unpaired) electrons. The average molecular weight is 454 g/mol. The van der Waals surface area contributed by atoms with Gasteiger partial charge < -0.3 is 19.3 Å². The Morgan fingerprint density at radius 3 is 2.42 bits per heavy atom. The number of carbonyl (C=O) groups is 1. The molecule has 2 aliphatic rings. The number of benzene rings is 2. The van der Waals surface area contributed by atoms with Gasteiger partial charge in [-0.3, -0.25) is 14.9 Å². The van der Waals surface area contributed by atoms with Crippen molar-refractivity contribution in [2.24, 2.45) is 5.92 Å². The normalized spacial score (nSPS) is 18.7. The molecule has 1 atom stereocenters. The van der Waals surface area contributed by atoms with Crippen molar-refractivity contribution in [2.75, 3.05) is 46.9 Å². The molecule has 0 bridgehead atoms. The molecule has 4 rings (SSSR count). The largest absolute Gasteiger partial charge is 0.493 e. The maximum absolute atomic E-state index is 13.0. The third-order valence-electron chi connectivity index (χ3n) is 6.76. The highest BCUT2D eigenvalue weighted by atomic mass is 16.6. The van der Waals surface area contributed by atoms with E-state index in [0.717, 1.165) is 68.7 Å². The third-order valence-corrected chi connectivity index (χ3v) is 6.76. The number of nitro groups is 1. The fourth-order valence-corrected chi connectivity index (χ4v) is 4.86. The van der Waals surface area contributed by atoms with Gasteiger partial charge in [-0.15, -0.1) is 0 Å². The fraction of sp³-hybridized carbons (Fsp3) is 0.480. The summed E-state index contributed by atoms with van der Waals surface area (Å²) in [6.45, 7) is 4.43. The number of hydrogen-bond acceptors (Lipinski definition) is 6. The van der Waals surface area contributed by atoms with Crippen molar-refractivity contribution in [3.8, 4) is 11.5 Å². The number of non-ortho nitro benzene ring substituents is 1. The summed E-state index contributed by atoms with van der Waals surface area (Å²) in [6, 6.07) is 10.7. The van der Waals surface area contributed by atoms with Crippen molar-refractivity contribution < 1.29 is 19.2 Å². The topological polar surface area (TPSA) is 85.2 Å². The first-order valence-electron chi connectivity index (χ1n) is 11.4. The van der Waals surface area contributed by atoms with Crippen LogP contribution in [0.5, 0.6) is 11.5 Å². The molecule has 33 heavy (non-hydrogen) atoms. The summed E-state index contributed by atoms with van der Waals surface area (Å²) in [5.74, 6) is 2.01. The number of nitro benzene ring substituents is 1. The number of amides is 1. The molecular weight excluding hydrogens is 422 g/mol. The maximum Gasteiger partial charge on any atom is 0.269 e. The van der Waals surface area contributed by atoms with E-state index in [-0.39, 0.29) is 16.5 Å². The molecule has 2 aromatic rings. The fourth-order valence-electron chi connectivity index (χ4n) is 4.86. The first-order chi connectivity index (χ1) is 16.0. The maximum atomic E-state index is 13.0. The molecule has 1 saturated heterocycles. The second-order valence-corrected chi connectivity index (χ2v) is 8.87. The Hall–Kier alpha value is -3.13. The Balaban J connectivity index is 1.29. The lowest BCUT2D eigenvalue weighted by Crippen LogP contribution is -2.37. The molecule has 8 nitrogen and oxygen atoms in total. The van der Waals surface area contributed by atoms with E-state index in [9.17, 15) is 14.9 Å². The highest BCUT2D eigenvalue weighted by Crippen LogP contribution is 2.32. The van der Waals surface area contributed by atoms with Crippen LogP contribution in [0, 0.1) is 16.0 Å². The smallest absolute Gasteiger partial charge is 0.269 e. The number of hydrogen-bond donors (Lipinski definition) is 0. The summed E-state index contributed by atoms with van der Waals surface area (Å²) in [5, 5.41) is 10.8. The van der Waals surface area contributed by atoms with E-state index < -0.39 is 0 Å². The molecule has 8 heteroatoms. The van der Waals surface area contributed by atoms with Gasteiger partial charge >= 0.3 is 0 Å². The van der Waals surface area contributed by atoms with E-state index in [1.807, 2.05) is 29.2 Å². The number of fused-ring (bicyclic) bond motifs is 1. The van der Waals surface area contributed by atoms with Crippen LogP contribution in [-0.4, -0.2) is 67.6 Å². The number of ether oxygens (including phenoxy) is 2. The minimum Gasteiger partial charge on any atom is -0.493 e. The minimum atomic E-state index is -0.371. The van der Waals surface area contributed by atoms with Crippen molar-refractivity contribution in [2.45, 2.75) is 25.7 Å². The summed E-state index contributed by atoms with van der Waals surface area (Å²) in [5.41, 5.74) is 3.41. The molecule has 0 aromatic heterocycles. The molecule has 1 unspecified atom stereocenters. The number of rotatable bonds is 8. The van der Waals surface area contributed by atoms with Gasteiger partial charge in [-0.25, -0.2) is 0 Å². The molecule has 2 heterocycles. The van der Waals surface area contributed by atoms with Gasteiger partial charge in [0.05, 0.1) is 25.6 Å². The summed E-state index contributed by atoms with van der Waals surface area (Å²) < 4.78 is 10.8. The lowest BCUT2D eigenvalue weighted by molar-refractivity contribution is -0.384. The van der Waals surface area contributed by atoms with Crippen LogP contribution in [-0.2, 0) is 24.1 Å². The van der Waals surface area contributed by atoms with Crippen LogP contribution in [0.1, 0.15) is 23.1 Å². The lowest BCUT2D eigenvalue weighted by atomic mass is 10.0. The molecular formula is C25H31N3O5. The highest BCUT2D eigenvalue weighted by molar-refractivity contribution is 5.80. The first kappa shape index (κ1) is 23.0. The van der Waals surface area contributed by atoms with Crippen molar-refractivity contribution in [3.05, 3.63) is 63.2 Å². The molecule has 0 spiro atoms. The number of methoxy groups -OCH3 is 2. The monoisotopic (exact) mass is 453 g/mol. The zero-order chi connectivity index (χ0) is 23.4. The van der Waals surface area contributed by atoms with Crippen molar-refractivity contribution >= 4 is 11.6 Å². The summed E-state index contributed by atoms with van der Waals surface area (Å²) in [7, 11) is 3.24. The molecule has 2 aromatic carbocycles. The van der Waals surface area contributed by atoms with Gasteiger partial charge in [-0.1, -0.05) is 12.1 Å². The summed E-state index contributed by atoms with van der Waals surface area (Å²) in [6.07, 6.45) is 3.16. The highest BCUT2D eigenvalue weighted by Gasteiger charge is 2.28. The van der Waals surface area contributed by atoms with Crippen LogP contribution in [0.25, 0.3) is 0 Å². The Bertz CT molecular complexity index is 1010. The van der Waals surface area contributed by atoms with E-state index >= 15 is 0 Å². The van der Waals surface area contributed by atoms with Gasteiger partial charge in [0.25, 0.3) is 5.69 Å². The Morgan fingerprint density at radius 2 is 1.76 bits per heavy atom. The minimum absolute atomic E-state index is 0.126. The molecule has 1 fully saturated rings. The number of likely N-dealkylation sites (tertiary alicyclic amines) is 1. The number of carbonyl (C=O) groups excluding carboxylic acids is 1. The van der Waals surface area contributed by atoms with Crippen LogP contribution >= 0.6 is 0 Å². The van der Waals surface area contributed by atoms with Gasteiger partial charge in [-0.2, -0.15) is 0 Å². The van der Waals surface area contributed by atoms with E-state index in [1.54, 1.807) is 26.4 Å². The van der Waals surface area contributed by atoms with Crippen molar-refractivity contribution in [3.63, 3.8) is 0 Å². The average Bonchev–Trinajstić information content (AvgIpc) is 3.21. The molecule has 2 aliphatic heterocycles. The third kappa shape index (κ3) is 5.45. The summed E-state index contributed by atoms with van der Waals surface area (Å²) in [4.78, 5) is 27.9. The van der Waals surface area contributed by atoms with E-state index in [1.165, 1.54) is 0 Å². The van der Waals surface area contributed by atoms with E-state index in [4.69, 9.17) is 9.47 Å². The second kappa shape index (κ2) is 10.2. The quantitative estimate of drug-likeness (QED) is 0.451. The first-order valence-corrected chi connectivity index (χ1v) is 11.4. The predicted octanol–water partition coefficient (Wildman–Crippen LogP) is 3.10. The van der Waals surface area contributed by atoms with E-state index in [2.05, 4.69) is 4.90 Å². The van der Waals surface area contributed by atoms with Crippen molar-refractivity contribution in [1.82, 2.24) is 9.80 Å². The van der Waals surface area contributed by atoms with Crippen molar-refractivity contribution in [1.29, 1.82) is 0 Å². The van der Waals surface area contributed by atoms with Gasteiger partial charge in [0.1, 0.15) is 0 Å². The second-order valence-electron chi connectivity index (χ2n) is 8.87. The van der Waals surface area contributed by atoms with Crippen LogP contribution in [0.15, 0.2) is 36.4 Å². The SMILES string of the molecule is COc1cc2c(cc1OC)CC(=O)N(CC1CCN(CCc3ccc([N+](=O)[O-])cc3)C1)CC2. The van der Waals surface area contributed by atoms with Gasteiger partial charge in [0.15, 0.2) is 11.5 Å². The summed E-state index contributed by atoms with van der Waals surface area (Å²) >= 11 is 0. The molecule has 0 N–H and O–H groups in total. The van der Waals surface area contributed by atoms with Crippen LogP contribution in [0.3, 0.4) is 0 Å². The molecule has 0 saturated carbocycles. The van der Waals surface area contributed by atoms with Crippen LogP contribution in [0.2, 0.25) is 0 Å². The Kier molecular flexibility index (Phi) is 7.13. The van der Waals surface area contributed by atoms with Gasteiger partial charge in [-0.05, 0) is 60.5 Å². The molecule has 1 amide bonds. The lowest BCUT2D eigenvalue weighted by Gasteiger charge is -2.24. The van der Waals surface area contributed by atoms with Crippen LogP contribution in [0.4, 0.5) is 5.69 Å². The van der Waals surface area contributed by atoms with Gasteiger partial charge in [0.2, 0.25) is 5.91 Å². The standard InChI is InChI=1S/C25H31N3O5/c1-32-23-13-20-9-12-27(25(29)15-21(20)14-24(23)33-2)17-19-8-11-26(16-19)10-7-18-3-5-22(6-4-18)28(30)31/h3-6,13-14,19H,7-12,15-17H2,1-2H3.